The van der Waals surface area contributed by atoms with Crippen LogP contribution in [0.4, 0.5) is 5.69 Å². The number of carbonyl (C=O) groups excluding carboxylic acids is 1. The Kier molecular flexibility index (Phi) is 4.38. The first-order valence-corrected chi connectivity index (χ1v) is 5.96. The lowest BCUT2D eigenvalue weighted by molar-refractivity contribution is -0.384. The molecule has 0 spiro atoms. The van der Waals surface area contributed by atoms with E-state index in [1.54, 1.807) is 5.48 Å². The maximum Gasteiger partial charge on any atom is 0.341 e. The summed E-state index contributed by atoms with van der Waals surface area (Å²) in [5.74, 6) is -0.900. The van der Waals surface area contributed by atoms with Gasteiger partial charge in [0.25, 0.3) is 5.69 Å². The number of benzene rings is 1. The second-order valence-corrected chi connectivity index (χ2v) is 4.30. The summed E-state index contributed by atoms with van der Waals surface area (Å²) in [6.07, 6.45) is 0. The number of carbonyl (C=O) groups is 1. The molecule has 1 atom stereocenters. The smallest absolute Gasteiger partial charge is 0.341 e. The van der Waals surface area contributed by atoms with Crippen LogP contribution < -0.4 is 14.9 Å². The molecule has 0 heterocycles. The third-order valence-electron chi connectivity index (χ3n) is 1.57. The zero-order chi connectivity index (χ0) is 13.8. The molecule has 0 saturated carbocycles. The number of nitro groups is 1. The molecular weight excluding hydrogens is 267 g/mol. The summed E-state index contributed by atoms with van der Waals surface area (Å²) in [6.45, 7) is 1.05. The van der Waals surface area contributed by atoms with Crippen LogP contribution in [0.1, 0.15) is 6.92 Å². The molecule has 1 rings (SSSR count). The van der Waals surface area contributed by atoms with Gasteiger partial charge in [0.15, 0.2) is 0 Å². The summed E-state index contributed by atoms with van der Waals surface area (Å²) >= 11 is 0. The van der Waals surface area contributed by atoms with Crippen LogP contribution in [-0.4, -0.2) is 10.8 Å². The number of non-ortho nitro benzene ring substituents is 1. The number of hydroxylamine groups is 1. The molecule has 0 aliphatic carbocycles. The van der Waals surface area contributed by atoms with Gasteiger partial charge < -0.3 is 9.42 Å². The monoisotopic (exact) mass is 275 g/mol. The third kappa shape index (κ3) is 4.50. The molecule has 0 bridgehead atoms. The molecule has 1 aromatic carbocycles. The van der Waals surface area contributed by atoms with Crippen LogP contribution in [0.25, 0.3) is 0 Å². The second-order valence-electron chi connectivity index (χ2n) is 3.04. The topological polar surface area (TPSA) is 131 Å². The molecule has 10 heteroatoms. The van der Waals surface area contributed by atoms with Crippen LogP contribution >= 0.6 is 7.82 Å². The van der Waals surface area contributed by atoms with Gasteiger partial charge in [-0.1, -0.05) is 0 Å². The van der Waals surface area contributed by atoms with E-state index in [2.05, 4.69) is 9.15 Å². The molecule has 98 valence electrons. The highest BCUT2D eigenvalue weighted by molar-refractivity contribution is 7.46. The highest BCUT2D eigenvalue weighted by atomic mass is 31.2. The zero-order valence-corrected chi connectivity index (χ0v) is 9.96. The average Bonchev–Trinajstić information content (AvgIpc) is 2.27. The Morgan fingerprint density at radius 2 is 1.94 bits per heavy atom. The van der Waals surface area contributed by atoms with Gasteiger partial charge in [-0.15, -0.1) is 0 Å². The number of phosphoric ester groups is 1. The van der Waals surface area contributed by atoms with Gasteiger partial charge >= 0.3 is 7.82 Å². The summed E-state index contributed by atoms with van der Waals surface area (Å²) in [4.78, 5) is 31.3. The van der Waals surface area contributed by atoms with Gasteiger partial charge in [0.05, 0.1) is 4.92 Å². The normalized spacial score (nSPS) is 13.4. The van der Waals surface area contributed by atoms with Crippen molar-refractivity contribution in [2.24, 2.45) is 0 Å². The zero-order valence-electron chi connectivity index (χ0n) is 9.06. The molecule has 0 aromatic heterocycles. The van der Waals surface area contributed by atoms with Crippen LogP contribution in [0, 0.1) is 10.1 Å². The van der Waals surface area contributed by atoms with E-state index < -0.39 is 18.7 Å². The molecule has 1 unspecified atom stereocenters. The van der Waals surface area contributed by atoms with Gasteiger partial charge in [-0.3, -0.25) is 19.5 Å². The fourth-order valence-corrected chi connectivity index (χ4v) is 1.55. The number of phosphoric acid groups is 1. The summed E-state index contributed by atoms with van der Waals surface area (Å²) in [5, 5.41) is 10.4. The van der Waals surface area contributed by atoms with E-state index in [1.807, 2.05) is 0 Å². The van der Waals surface area contributed by atoms with Crippen LogP contribution in [0.5, 0.6) is 5.75 Å². The Bertz CT molecular complexity index is 501. The van der Waals surface area contributed by atoms with Gasteiger partial charge in [-0.25, -0.2) is 5.48 Å². The fraction of sp³-hybridized carbons (Fsp3) is 0.125. The minimum absolute atomic E-state index is 0.177. The molecular formula is C8H8N2O7P-. The molecule has 18 heavy (non-hydrogen) atoms. The summed E-state index contributed by atoms with van der Waals surface area (Å²) in [7, 11) is -4.76. The van der Waals surface area contributed by atoms with Crippen LogP contribution in [0.15, 0.2) is 24.3 Å². The summed E-state index contributed by atoms with van der Waals surface area (Å²) < 4.78 is 19.6. The molecule has 0 aliphatic rings. The third-order valence-corrected chi connectivity index (χ3v) is 2.32. The van der Waals surface area contributed by atoms with Gasteiger partial charge in [0.2, 0.25) is 5.91 Å². The van der Waals surface area contributed by atoms with E-state index in [0.29, 0.717) is 0 Å². The number of hydrogen-bond donors (Lipinski definition) is 1. The van der Waals surface area contributed by atoms with Crippen LogP contribution in [-0.2, 0) is 14.0 Å². The van der Waals surface area contributed by atoms with Crippen LogP contribution in [0.2, 0.25) is 0 Å². The highest BCUT2D eigenvalue weighted by Crippen LogP contribution is 2.38. The lowest BCUT2D eigenvalue weighted by atomic mass is 10.3. The van der Waals surface area contributed by atoms with Gasteiger partial charge in [0.1, 0.15) is 5.75 Å². The molecule has 9 nitrogen and oxygen atoms in total. The van der Waals surface area contributed by atoms with E-state index in [4.69, 9.17) is 0 Å². The second kappa shape index (κ2) is 5.58. The first kappa shape index (κ1) is 14.1. The highest BCUT2D eigenvalue weighted by Gasteiger charge is 2.13. The lowest BCUT2D eigenvalue weighted by Gasteiger charge is -2.22. The lowest BCUT2D eigenvalue weighted by Crippen LogP contribution is -2.24. The van der Waals surface area contributed by atoms with Crippen molar-refractivity contribution in [2.45, 2.75) is 6.92 Å². The summed E-state index contributed by atoms with van der Waals surface area (Å²) in [5.41, 5.74) is 1.37. The Morgan fingerprint density at radius 3 is 2.39 bits per heavy atom. The Morgan fingerprint density at radius 1 is 1.39 bits per heavy atom. The minimum Gasteiger partial charge on any atom is -0.745 e. The van der Waals surface area contributed by atoms with Crippen LogP contribution in [0.3, 0.4) is 0 Å². The van der Waals surface area contributed by atoms with Gasteiger partial charge in [0, 0.05) is 19.1 Å². The molecule has 0 radical (unpaired) electrons. The first-order valence-electron chi connectivity index (χ1n) is 4.50. The molecule has 1 amide bonds. The maximum absolute atomic E-state index is 11.2. The molecule has 0 saturated heterocycles. The fourth-order valence-electron chi connectivity index (χ4n) is 0.897. The van der Waals surface area contributed by atoms with Crippen molar-refractivity contribution >= 4 is 19.4 Å². The number of nitrogens with zero attached hydrogens (tertiary/aromatic N) is 1. The number of hydrogen-bond acceptors (Lipinski definition) is 7. The van der Waals surface area contributed by atoms with Crippen molar-refractivity contribution in [2.75, 3.05) is 0 Å². The van der Waals surface area contributed by atoms with Crippen molar-refractivity contribution in [1.29, 1.82) is 0 Å². The van der Waals surface area contributed by atoms with E-state index >= 15 is 0 Å². The SMILES string of the molecule is CC(=O)NOP(=O)([O-])Oc1ccc([N+](=O)[O-])cc1. The Hall–Kier alpha value is -1.96. The molecule has 1 aromatic rings. The van der Waals surface area contributed by atoms with Crippen molar-refractivity contribution in [3.8, 4) is 5.75 Å². The molecule has 0 aliphatic heterocycles. The van der Waals surface area contributed by atoms with E-state index in [0.717, 1.165) is 31.2 Å². The first-order chi connectivity index (χ1) is 8.30. The van der Waals surface area contributed by atoms with Gasteiger partial charge in [-0.2, -0.15) is 4.62 Å². The van der Waals surface area contributed by atoms with E-state index in [9.17, 15) is 24.4 Å². The van der Waals surface area contributed by atoms with Crippen molar-refractivity contribution in [1.82, 2.24) is 5.48 Å². The maximum atomic E-state index is 11.2. The number of nitrogens with one attached hydrogen (secondary N) is 1. The molecule has 0 fully saturated rings. The van der Waals surface area contributed by atoms with Crippen molar-refractivity contribution in [3.63, 3.8) is 0 Å². The average molecular weight is 275 g/mol. The minimum atomic E-state index is -4.76. The Labute approximate surface area is 101 Å². The number of nitro benzene ring substituents is 1. The van der Waals surface area contributed by atoms with Gasteiger partial charge in [-0.05, 0) is 12.1 Å². The predicted octanol–water partition coefficient (Wildman–Crippen LogP) is 0.510. The largest absolute Gasteiger partial charge is 0.745 e. The number of rotatable bonds is 5. The quantitative estimate of drug-likeness (QED) is 0.470. The van der Waals surface area contributed by atoms with Crippen molar-refractivity contribution in [3.05, 3.63) is 34.4 Å². The van der Waals surface area contributed by atoms with Crippen molar-refractivity contribution < 1.29 is 28.3 Å². The predicted molar refractivity (Wildman–Crippen MR) is 56.2 cm³/mol. The number of amides is 1. The molecule has 1 N–H and O–H groups in total. The summed E-state index contributed by atoms with van der Waals surface area (Å²) in [6, 6.07) is 4.29. The van der Waals surface area contributed by atoms with E-state index in [1.165, 1.54) is 0 Å². The van der Waals surface area contributed by atoms with E-state index in [-0.39, 0.29) is 11.4 Å². The Balaban J connectivity index is 2.69. The standard InChI is InChI=1S/C8H9N2O7P/c1-6(11)9-17-18(14,15)16-8-4-2-7(3-5-8)10(12)13/h2-5H,1H3,(H,9,11)(H,14,15)/p-1.